The van der Waals surface area contributed by atoms with Crippen LogP contribution in [0.5, 0.6) is 0 Å². The quantitative estimate of drug-likeness (QED) is 0.305. The summed E-state index contributed by atoms with van der Waals surface area (Å²) >= 11 is 2.51. The van der Waals surface area contributed by atoms with Crippen LogP contribution in [0.15, 0.2) is 4.99 Å². The van der Waals surface area contributed by atoms with Gasteiger partial charge in [0.05, 0.1) is 0 Å². The van der Waals surface area contributed by atoms with E-state index in [1.807, 2.05) is 0 Å². The Kier molecular flexibility index (Phi) is 7.10. The standard InChI is InChI=1S/C10H20IN/c1-8(6-5-7-12-4)9(2)10(3)11/h8-10H,4-7H2,1-3H3/t8?,9?,10-/m1/s1. The molecule has 0 rings (SSSR count). The van der Waals surface area contributed by atoms with Crippen LogP contribution >= 0.6 is 22.6 Å². The van der Waals surface area contributed by atoms with Gasteiger partial charge < -0.3 is 4.99 Å². The largest absolute Gasteiger partial charge is 0.301 e. The summed E-state index contributed by atoms with van der Waals surface area (Å²) < 4.78 is 0.772. The van der Waals surface area contributed by atoms with Gasteiger partial charge in [0.25, 0.3) is 0 Å². The maximum Gasteiger partial charge on any atom is 0.0382 e. The van der Waals surface area contributed by atoms with Crippen LogP contribution in [0, 0.1) is 11.8 Å². The van der Waals surface area contributed by atoms with E-state index in [1.165, 1.54) is 12.8 Å². The molecule has 0 aromatic rings. The predicted octanol–water partition coefficient (Wildman–Crippen LogP) is 3.56. The fourth-order valence-electron chi connectivity index (χ4n) is 1.24. The first-order valence-electron chi connectivity index (χ1n) is 4.66. The van der Waals surface area contributed by atoms with Gasteiger partial charge in [-0.2, -0.15) is 0 Å². The molecule has 0 saturated carbocycles. The molecule has 2 unspecified atom stereocenters. The fraction of sp³-hybridized carbons (Fsp3) is 0.900. The van der Waals surface area contributed by atoms with Gasteiger partial charge in [-0.25, -0.2) is 0 Å². The number of halogens is 1. The fourth-order valence-corrected chi connectivity index (χ4v) is 1.95. The third-order valence-electron chi connectivity index (χ3n) is 2.60. The Hall–Kier alpha value is 0.400. The topological polar surface area (TPSA) is 12.4 Å². The Bertz CT molecular complexity index is 123. The van der Waals surface area contributed by atoms with Crippen molar-refractivity contribution in [2.45, 2.75) is 37.5 Å². The first-order valence-corrected chi connectivity index (χ1v) is 5.90. The van der Waals surface area contributed by atoms with Crippen molar-refractivity contribution in [3.8, 4) is 0 Å². The Morgan fingerprint density at radius 3 is 2.33 bits per heavy atom. The molecule has 2 heteroatoms. The van der Waals surface area contributed by atoms with Crippen molar-refractivity contribution in [1.29, 1.82) is 0 Å². The Morgan fingerprint density at radius 2 is 1.92 bits per heavy atom. The molecule has 0 fully saturated rings. The van der Waals surface area contributed by atoms with Gasteiger partial charge in [0, 0.05) is 10.5 Å². The second-order valence-electron chi connectivity index (χ2n) is 3.60. The normalized spacial score (nSPS) is 18.3. The van der Waals surface area contributed by atoms with Crippen LogP contribution in [0.2, 0.25) is 0 Å². The van der Waals surface area contributed by atoms with Gasteiger partial charge in [-0.3, -0.25) is 0 Å². The molecule has 0 radical (unpaired) electrons. The minimum Gasteiger partial charge on any atom is -0.301 e. The minimum atomic E-state index is 0.772. The lowest BCUT2D eigenvalue weighted by Crippen LogP contribution is -2.16. The molecule has 72 valence electrons. The van der Waals surface area contributed by atoms with E-state index in [4.69, 9.17) is 0 Å². The van der Waals surface area contributed by atoms with Gasteiger partial charge in [-0.15, -0.1) is 0 Å². The number of nitrogens with zero attached hydrogens (tertiary/aromatic N) is 1. The summed E-state index contributed by atoms with van der Waals surface area (Å²) in [4.78, 5) is 3.86. The summed E-state index contributed by atoms with van der Waals surface area (Å²) in [5, 5.41) is 0. The molecular weight excluding hydrogens is 261 g/mol. The third kappa shape index (κ3) is 5.12. The average Bonchev–Trinajstić information content (AvgIpc) is 2.03. The number of alkyl halides is 1. The average molecular weight is 281 g/mol. The van der Waals surface area contributed by atoms with E-state index in [9.17, 15) is 0 Å². The Morgan fingerprint density at radius 1 is 1.33 bits per heavy atom. The summed E-state index contributed by atoms with van der Waals surface area (Å²) in [6, 6.07) is 0. The van der Waals surface area contributed by atoms with Crippen LogP contribution in [-0.2, 0) is 0 Å². The van der Waals surface area contributed by atoms with Gasteiger partial charge in [-0.1, -0.05) is 43.4 Å². The van der Waals surface area contributed by atoms with E-state index in [-0.39, 0.29) is 0 Å². The number of rotatable bonds is 6. The monoisotopic (exact) mass is 281 g/mol. The zero-order valence-corrected chi connectivity index (χ0v) is 10.5. The lowest BCUT2D eigenvalue weighted by atomic mass is 9.90. The highest BCUT2D eigenvalue weighted by molar-refractivity contribution is 14.1. The molecule has 12 heavy (non-hydrogen) atoms. The van der Waals surface area contributed by atoms with Crippen LogP contribution in [0.3, 0.4) is 0 Å². The van der Waals surface area contributed by atoms with Crippen molar-refractivity contribution >= 4 is 29.3 Å². The maximum atomic E-state index is 3.86. The van der Waals surface area contributed by atoms with Crippen molar-refractivity contribution in [3.05, 3.63) is 0 Å². The highest BCUT2D eigenvalue weighted by Crippen LogP contribution is 2.24. The Balaban J connectivity index is 3.56. The molecule has 0 saturated heterocycles. The van der Waals surface area contributed by atoms with Crippen molar-refractivity contribution in [1.82, 2.24) is 0 Å². The third-order valence-corrected chi connectivity index (χ3v) is 3.73. The summed E-state index contributed by atoms with van der Waals surface area (Å²) in [7, 11) is 0. The molecule has 0 aromatic heterocycles. The molecule has 3 atom stereocenters. The molecule has 0 amide bonds. The van der Waals surface area contributed by atoms with Crippen LogP contribution < -0.4 is 0 Å². The second kappa shape index (κ2) is 6.87. The number of aliphatic imine (C=N–C) groups is 1. The summed E-state index contributed by atoms with van der Waals surface area (Å²) in [6.45, 7) is 11.4. The van der Waals surface area contributed by atoms with Crippen LogP contribution in [0.1, 0.15) is 33.6 Å². The molecule has 1 nitrogen and oxygen atoms in total. The lowest BCUT2D eigenvalue weighted by molar-refractivity contribution is 0.363. The lowest BCUT2D eigenvalue weighted by Gasteiger charge is -2.21. The van der Waals surface area contributed by atoms with Gasteiger partial charge >= 0.3 is 0 Å². The number of hydrogen-bond donors (Lipinski definition) is 0. The van der Waals surface area contributed by atoms with Crippen molar-refractivity contribution in [2.24, 2.45) is 16.8 Å². The molecule has 0 aliphatic rings. The zero-order chi connectivity index (χ0) is 9.56. The van der Waals surface area contributed by atoms with Crippen LogP contribution in [0.4, 0.5) is 0 Å². The van der Waals surface area contributed by atoms with Crippen molar-refractivity contribution in [2.75, 3.05) is 6.54 Å². The summed E-state index contributed by atoms with van der Waals surface area (Å²) in [5.74, 6) is 1.63. The van der Waals surface area contributed by atoms with E-state index < -0.39 is 0 Å². The van der Waals surface area contributed by atoms with E-state index in [0.29, 0.717) is 0 Å². The smallest absolute Gasteiger partial charge is 0.0382 e. The van der Waals surface area contributed by atoms with E-state index in [0.717, 1.165) is 22.3 Å². The van der Waals surface area contributed by atoms with E-state index >= 15 is 0 Å². The summed E-state index contributed by atoms with van der Waals surface area (Å²) in [6.07, 6.45) is 2.48. The van der Waals surface area contributed by atoms with E-state index in [1.54, 1.807) is 0 Å². The van der Waals surface area contributed by atoms with Gasteiger partial charge in [0.15, 0.2) is 0 Å². The molecule has 0 aliphatic carbocycles. The molecule has 0 bridgehead atoms. The van der Waals surface area contributed by atoms with Gasteiger partial charge in [-0.05, 0) is 31.4 Å². The maximum absolute atomic E-state index is 3.86. The minimum absolute atomic E-state index is 0.772. The highest BCUT2D eigenvalue weighted by atomic mass is 127. The number of hydrogen-bond acceptors (Lipinski definition) is 1. The highest BCUT2D eigenvalue weighted by Gasteiger charge is 2.15. The van der Waals surface area contributed by atoms with Crippen molar-refractivity contribution < 1.29 is 0 Å². The molecule has 0 heterocycles. The van der Waals surface area contributed by atoms with Gasteiger partial charge in [0.1, 0.15) is 0 Å². The van der Waals surface area contributed by atoms with Crippen LogP contribution in [-0.4, -0.2) is 17.2 Å². The zero-order valence-electron chi connectivity index (χ0n) is 8.39. The molecule has 0 aliphatic heterocycles. The first kappa shape index (κ1) is 12.4. The molecular formula is C10H20IN. The molecule has 0 spiro atoms. The SMILES string of the molecule is C=NCCCC(C)C(C)[C@@H](C)I. The van der Waals surface area contributed by atoms with Crippen LogP contribution in [0.25, 0.3) is 0 Å². The summed E-state index contributed by atoms with van der Waals surface area (Å²) in [5.41, 5.74) is 0. The predicted molar refractivity (Wildman–Crippen MR) is 65.5 cm³/mol. The van der Waals surface area contributed by atoms with E-state index in [2.05, 4.69) is 55.1 Å². The Labute approximate surface area is 90.2 Å². The van der Waals surface area contributed by atoms with Gasteiger partial charge in [0.2, 0.25) is 0 Å². The van der Waals surface area contributed by atoms with Crippen molar-refractivity contribution in [3.63, 3.8) is 0 Å². The second-order valence-corrected chi connectivity index (χ2v) is 5.57. The molecule has 0 N–H and O–H groups in total. The molecule has 0 aromatic carbocycles. The first-order chi connectivity index (χ1) is 5.59.